The number of hydrogen-bond acceptors (Lipinski definition) is 2. The van der Waals surface area contributed by atoms with Crippen molar-refractivity contribution in [2.24, 2.45) is 7.05 Å². The number of benzene rings is 3. The van der Waals surface area contributed by atoms with Crippen molar-refractivity contribution in [2.45, 2.75) is 19.4 Å². The maximum atomic E-state index is 5.09. The number of nitrogens with zero attached hydrogens (tertiary/aromatic N) is 3. The Bertz CT molecular complexity index is 1040. The van der Waals surface area contributed by atoms with E-state index in [9.17, 15) is 0 Å². The zero-order valence-electron chi connectivity index (χ0n) is 17.1. The molecular formula is C26H27N3. The lowest BCUT2D eigenvalue weighted by Gasteiger charge is -2.19. The van der Waals surface area contributed by atoms with Crippen LogP contribution >= 0.6 is 0 Å². The second-order valence-corrected chi connectivity index (χ2v) is 7.53. The van der Waals surface area contributed by atoms with Gasteiger partial charge in [0.05, 0.1) is 5.69 Å². The van der Waals surface area contributed by atoms with Gasteiger partial charge < -0.3 is 9.47 Å². The molecule has 0 N–H and O–H groups in total. The van der Waals surface area contributed by atoms with Crippen molar-refractivity contribution in [1.82, 2.24) is 9.55 Å². The molecule has 0 saturated heterocycles. The van der Waals surface area contributed by atoms with Gasteiger partial charge in [0.15, 0.2) is 0 Å². The van der Waals surface area contributed by atoms with Crippen LogP contribution < -0.4 is 4.90 Å². The molecule has 146 valence electrons. The summed E-state index contributed by atoms with van der Waals surface area (Å²) in [6, 6.07) is 31.8. The van der Waals surface area contributed by atoms with Gasteiger partial charge in [0.2, 0.25) is 5.95 Å². The summed E-state index contributed by atoms with van der Waals surface area (Å²) < 4.78 is 2.26. The summed E-state index contributed by atoms with van der Waals surface area (Å²) in [4.78, 5) is 7.32. The van der Waals surface area contributed by atoms with Crippen molar-refractivity contribution >= 4 is 5.95 Å². The molecule has 4 aromatic rings. The monoisotopic (exact) mass is 381 g/mol. The average molecular weight is 382 g/mol. The predicted octanol–water partition coefficient (Wildman–Crippen LogP) is 5.24. The molecule has 1 aromatic heterocycles. The Hall–Kier alpha value is -3.33. The molecule has 0 unspecified atom stereocenters. The van der Waals surface area contributed by atoms with Crippen molar-refractivity contribution in [3.05, 3.63) is 119 Å². The molecule has 0 fully saturated rings. The molecule has 0 aliphatic rings. The van der Waals surface area contributed by atoms with Gasteiger partial charge in [-0.05, 0) is 16.7 Å². The number of anilines is 1. The summed E-state index contributed by atoms with van der Waals surface area (Å²) in [5.41, 5.74) is 6.30. The summed E-state index contributed by atoms with van der Waals surface area (Å²) in [6.07, 6.45) is 1.72. The molecular weight excluding hydrogens is 354 g/mol. The molecule has 1 heterocycles. The SMILES string of the molecule is CN(Cc1ccccc1)c1nc(Cc2ccccc2)c(Cc2ccccc2)n1C. The fourth-order valence-corrected chi connectivity index (χ4v) is 3.78. The minimum atomic E-state index is 0.835. The fourth-order valence-electron chi connectivity index (χ4n) is 3.78. The number of aromatic nitrogens is 2. The minimum Gasteiger partial charge on any atom is -0.341 e. The van der Waals surface area contributed by atoms with E-state index < -0.39 is 0 Å². The quantitative estimate of drug-likeness (QED) is 0.437. The zero-order chi connectivity index (χ0) is 20.1. The first-order chi connectivity index (χ1) is 14.2. The zero-order valence-corrected chi connectivity index (χ0v) is 17.1. The van der Waals surface area contributed by atoms with Gasteiger partial charge in [-0.15, -0.1) is 0 Å². The largest absolute Gasteiger partial charge is 0.341 e. The Labute approximate surface area is 173 Å². The molecule has 3 heteroatoms. The molecule has 3 nitrogen and oxygen atoms in total. The average Bonchev–Trinajstić information content (AvgIpc) is 3.06. The molecule has 0 amide bonds. The molecule has 0 atom stereocenters. The Morgan fingerprint density at radius 3 is 1.72 bits per heavy atom. The van der Waals surface area contributed by atoms with Crippen LogP contribution in [-0.4, -0.2) is 16.6 Å². The van der Waals surface area contributed by atoms with E-state index in [1.54, 1.807) is 0 Å². The first-order valence-corrected chi connectivity index (χ1v) is 10.1. The van der Waals surface area contributed by atoms with Crippen LogP contribution in [0, 0.1) is 0 Å². The Morgan fingerprint density at radius 2 is 1.17 bits per heavy atom. The van der Waals surface area contributed by atoms with Gasteiger partial charge in [-0.1, -0.05) is 91.0 Å². The van der Waals surface area contributed by atoms with Crippen LogP contribution in [0.4, 0.5) is 5.95 Å². The molecule has 4 rings (SSSR count). The third kappa shape index (κ3) is 4.57. The fraction of sp³-hybridized carbons (Fsp3) is 0.192. The van der Waals surface area contributed by atoms with Gasteiger partial charge in [0.1, 0.15) is 0 Å². The highest BCUT2D eigenvalue weighted by molar-refractivity contribution is 5.41. The second-order valence-electron chi connectivity index (χ2n) is 7.53. The highest BCUT2D eigenvalue weighted by Gasteiger charge is 2.18. The number of hydrogen-bond donors (Lipinski definition) is 0. The molecule has 0 bridgehead atoms. The molecule has 0 saturated carbocycles. The lowest BCUT2D eigenvalue weighted by Crippen LogP contribution is -2.20. The molecule has 29 heavy (non-hydrogen) atoms. The summed E-state index contributed by atoms with van der Waals surface area (Å²) in [7, 11) is 4.25. The second kappa shape index (κ2) is 8.78. The van der Waals surface area contributed by atoms with Gasteiger partial charge in [-0.2, -0.15) is 0 Å². The lowest BCUT2D eigenvalue weighted by atomic mass is 10.0. The third-order valence-corrected chi connectivity index (χ3v) is 5.31. The minimum absolute atomic E-state index is 0.835. The van der Waals surface area contributed by atoms with E-state index in [-0.39, 0.29) is 0 Å². The van der Waals surface area contributed by atoms with E-state index in [0.29, 0.717) is 0 Å². The normalized spacial score (nSPS) is 10.8. The third-order valence-electron chi connectivity index (χ3n) is 5.31. The van der Waals surface area contributed by atoms with Crippen molar-refractivity contribution in [2.75, 3.05) is 11.9 Å². The van der Waals surface area contributed by atoms with E-state index in [0.717, 1.165) is 31.0 Å². The Morgan fingerprint density at radius 1 is 0.690 bits per heavy atom. The van der Waals surface area contributed by atoms with Gasteiger partial charge in [0.25, 0.3) is 0 Å². The van der Waals surface area contributed by atoms with Crippen LogP contribution in [0.25, 0.3) is 0 Å². The number of imidazole rings is 1. The van der Waals surface area contributed by atoms with Gasteiger partial charge in [0, 0.05) is 39.2 Å². The van der Waals surface area contributed by atoms with Crippen LogP contribution in [0.15, 0.2) is 91.0 Å². The van der Waals surface area contributed by atoms with Crippen molar-refractivity contribution in [1.29, 1.82) is 0 Å². The predicted molar refractivity (Wildman–Crippen MR) is 120 cm³/mol. The molecule has 0 aliphatic carbocycles. The highest BCUT2D eigenvalue weighted by atomic mass is 15.3. The molecule has 0 aliphatic heterocycles. The Kier molecular flexibility index (Phi) is 5.76. The molecule has 0 spiro atoms. The topological polar surface area (TPSA) is 21.1 Å². The smallest absolute Gasteiger partial charge is 0.205 e. The summed E-state index contributed by atoms with van der Waals surface area (Å²) in [5, 5.41) is 0. The maximum absolute atomic E-state index is 5.09. The van der Waals surface area contributed by atoms with Crippen molar-refractivity contribution < 1.29 is 0 Å². The first-order valence-electron chi connectivity index (χ1n) is 10.1. The van der Waals surface area contributed by atoms with Crippen LogP contribution in [0.5, 0.6) is 0 Å². The summed E-state index contributed by atoms with van der Waals surface area (Å²) in [5.74, 6) is 1.01. The lowest BCUT2D eigenvalue weighted by molar-refractivity contribution is 0.779. The van der Waals surface area contributed by atoms with E-state index in [1.165, 1.54) is 22.4 Å². The van der Waals surface area contributed by atoms with Gasteiger partial charge in [-0.25, -0.2) is 4.98 Å². The summed E-state index contributed by atoms with van der Waals surface area (Å²) in [6.45, 7) is 0.835. The van der Waals surface area contributed by atoms with Crippen LogP contribution in [-0.2, 0) is 26.4 Å². The standard InChI is InChI=1S/C26H27N3/c1-28(20-23-16-10-5-11-17-23)26-27-24(18-21-12-6-3-7-13-21)25(29(26)2)19-22-14-8-4-9-15-22/h3-17H,18-20H2,1-2H3. The van der Waals surface area contributed by atoms with E-state index in [2.05, 4.69) is 115 Å². The number of rotatable bonds is 7. The molecule has 3 aromatic carbocycles. The highest BCUT2D eigenvalue weighted by Crippen LogP contribution is 2.24. The van der Waals surface area contributed by atoms with E-state index in [1.807, 2.05) is 0 Å². The molecule has 0 radical (unpaired) electrons. The van der Waals surface area contributed by atoms with Gasteiger partial charge >= 0.3 is 0 Å². The first kappa shape index (κ1) is 19.0. The van der Waals surface area contributed by atoms with Crippen molar-refractivity contribution in [3.8, 4) is 0 Å². The van der Waals surface area contributed by atoms with E-state index in [4.69, 9.17) is 4.98 Å². The van der Waals surface area contributed by atoms with Crippen LogP contribution in [0.2, 0.25) is 0 Å². The van der Waals surface area contributed by atoms with Crippen LogP contribution in [0.3, 0.4) is 0 Å². The van der Waals surface area contributed by atoms with Gasteiger partial charge in [-0.3, -0.25) is 0 Å². The summed E-state index contributed by atoms with van der Waals surface area (Å²) >= 11 is 0. The Balaban J connectivity index is 1.67. The maximum Gasteiger partial charge on any atom is 0.205 e. The van der Waals surface area contributed by atoms with Crippen molar-refractivity contribution in [3.63, 3.8) is 0 Å². The van der Waals surface area contributed by atoms with E-state index >= 15 is 0 Å². The van der Waals surface area contributed by atoms with Crippen LogP contribution in [0.1, 0.15) is 28.1 Å².